The van der Waals surface area contributed by atoms with Crippen LogP contribution in [0, 0.1) is 0 Å². The van der Waals surface area contributed by atoms with Gasteiger partial charge in [-0.3, -0.25) is 0 Å². The highest BCUT2D eigenvalue weighted by Crippen LogP contribution is 2.53. The lowest BCUT2D eigenvalue weighted by molar-refractivity contribution is 1.23. The number of aromatic nitrogens is 1. The molecule has 2 aliphatic rings. The van der Waals surface area contributed by atoms with E-state index >= 15 is 0 Å². The van der Waals surface area contributed by atoms with E-state index in [0.29, 0.717) is 0 Å². The Morgan fingerprint density at radius 1 is 0.441 bits per heavy atom. The number of nitrogens with zero attached hydrogens (tertiary/aromatic N) is 4. The zero-order valence-corrected chi connectivity index (χ0v) is 18.5. The Morgan fingerprint density at radius 3 is 1.59 bits per heavy atom. The van der Waals surface area contributed by atoms with Gasteiger partial charge in [0.15, 0.2) is 0 Å². The van der Waals surface area contributed by atoms with Crippen LogP contribution in [0.3, 0.4) is 0 Å². The fourth-order valence-corrected chi connectivity index (χ4v) is 5.25. The van der Waals surface area contributed by atoms with E-state index in [-0.39, 0.29) is 7.12 Å². The van der Waals surface area contributed by atoms with Gasteiger partial charge in [0.25, 0.3) is 0 Å². The molecule has 0 N–H and O–H groups in total. The Balaban J connectivity index is 1.60. The molecule has 0 aliphatic carbocycles. The summed E-state index contributed by atoms with van der Waals surface area (Å²) < 4.78 is 0. The molecule has 0 bridgehead atoms. The summed E-state index contributed by atoms with van der Waals surface area (Å²) in [6.45, 7) is 0. The van der Waals surface area contributed by atoms with Crippen LogP contribution < -0.4 is 14.4 Å². The van der Waals surface area contributed by atoms with Gasteiger partial charge in [-0.2, -0.15) is 0 Å². The van der Waals surface area contributed by atoms with Crippen LogP contribution in [0.15, 0.2) is 128 Å². The third kappa shape index (κ3) is 2.70. The summed E-state index contributed by atoms with van der Waals surface area (Å²) in [7, 11) is -0.167. The molecule has 0 saturated heterocycles. The standard InChI is InChI=1S/C29H21BN4/c1-3-12-22(13-4-1)32-26-18-9-7-16-24(26)25-17-8-10-19-27(25)34-28-20-11-21-31-29(28)33(30(32)34)23-14-5-2-6-15-23/h1-21H. The molecule has 34 heavy (non-hydrogen) atoms. The molecule has 3 heterocycles. The molecule has 0 atom stereocenters. The van der Waals surface area contributed by atoms with E-state index in [2.05, 4.69) is 130 Å². The van der Waals surface area contributed by atoms with Crippen LogP contribution >= 0.6 is 0 Å². The zero-order chi connectivity index (χ0) is 22.5. The lowest BCUT2D eigenvalue weighted by Gasteiger charge is -2.37. The fourth-order valence-electron chi connectivity index (χ4n) is 5.25. The van der Waals surface area contributed by atoms with Gasteiger partial charge in [0.05, 0.1) is 5.69 Å². The summed E-state index contributed by atoms with van der Waals surface area (Å²) >= 11 is 0. The van der Waals surface area contributed by atoms with Crippen LogP contribution in [0.1, 0.15) is 0 Å². The largest absolute Gasteiger partial charge is 0.520 e. The van der Waals surface area contributed by atoms with E-state index < -0.39 is 0 Å². The lowest BCUT2D eigenvalue weighted by atomic mass is 9.83. The number of hydrogen-bond donors (Lipinski definition) is 0. The van der Waals surface area contributed by atoms with Crippen LogP contribution in [-0.2, 0) is 0 Å². The van der Waals surface area contributed by atoms with Crippen molar-refractivity contribution in [2.24, 2.45) is 0 Å². The predicted molar refractivity (Wildman–Crippen MR) is 141 cm³/mol. The zero-order valence-electron chi connectivity index (χ0n) is 18.5. The van der Waals surface area contributed by atoms with Gasteiger partial charge in [0, 0.05) is 40.1 Å². The van der Waals surface area contributed by atoms with Crippen LogP contribution in [0.4, 0.5) is 34.3 Å². The number of para-hydroxylation sites is 4. The van der Waals surface area contributed by atoms with Gasteiger partial charge in [0.2, 0.25) is 0 Å². The van der Waals surface area contributed by atoms with Gasteiger partial charge in [-0.05, 0) is 48.5 Å². The van der Waals surface area contributed by atoms with Crippen molar-refractivity contribution in [1.29, 1.82) is 0 Å². The van der Waals surface area contributed by atoms with E-state index in [0.717, 1.165) is 22.9 Å². The van der Waals surface area contributed by atoms with Crippen molar-refractivity contribution in [3.63, 3.8) is 0 Å². The molecule has 4 nitrogen and oxygen atoms in total. The van der Waals surface area contributed by atoms with Crippen LogP contribution in [0.2, 0.25) is 0 Å². The Kier molecular flexibility index (Phi) is 4.21. The first-order valence-electron chi connectivity index (χ1n) is 11.5. The average molecular weight is 436 g/mol. The summed E-state index contributed by atoms with van der Waals surface area (Å²) in [5, 5.41) is 0. The highest BCUT2D eigenvalue weighted by atomic mass is 15.4. The van der Waals surface area contributed by atoms with E-state index in [9.17, 15) is 0 Å². The number of hydrogen-bond acceptors (Lipinski definition) is 4. The average Bonchev–Trinajstić information content (AvgIpc) is 3.18. The van der Waals surface area contributed by atoms with Crippen molar-refractivity contribution >= 4 is 41.4 Å². The van der Waals surface area contributed by atoms with Gasteiger partial charge in [0.1, 0.15) is 5.82 Å². The van der Waals surface area contributed by atoms with Crippen molar-refractivity contribution in [3.8, 4) is 11.1 Å². The molecular formula is C29H21BN4. The van der Waals surface area contributed by atoms with E-state index in [4.69, 9.17) is 4.98 Å². The van der Waals surface area contributed by atoms with Crippen LogP contribution in [0.25, 0.3) is 11.1 Å². The van der Waals surface area contributed by atoms with Gasteiger partial charge in [-0.15, -0.1) is 0 Å². The third-order valence-corrected chi connectivity index (χ3v) is 6.63. The molecule has 7 rings (SSSR count). The Labute approximate surface area is 199 Å². The van der Waals surface area contributed by atoms with Crippen molar-refractivity contribution in [2.45, 2.75) is 0 Å². The minimum absolute atomic E-state index is 0.167. The molecule has 5 aromatic rings. The normalized spacial score (nSPS) is 13.6. The van der Waals surface area contributed by atoms with Crippen molar-refractivity contribution in [3.05, 3.63) is 128 Å². The maximum absolute atomic E-state index is 4.89. The highest BCUT2D eigenvalue weighted by molar-refractivity contribution is 6.78. The molecule has 0 fully saturated rings. The summed E-state index contributed by atoms with van der Waals surface area (Å²) in [6, 6.07) is 42.8. The molecule has 4 aromatic carbocycles. The molecule has 160 valence electrons. The first kappa shape index (κ1) is 19.0. The molecule has 2 aliphatic heterocycles. The van der Waals surface area contributed by atoms with Crippen molar-refractivity contribution in [2.75, 3.05) is 14.4 Å². The van der Waals surface area contributed by atoms with E-state index in [1.807, 2.05) is 12.3 Å². The maximum atomic E-state index is 4.89. The number of fused-ring (bicyclic) bond motifs is 7. The van der Waals surface area contributed by atoms with E-state index in [1.54, 1.807) is 0 Å². The summed E-state index contributed by atoms with van der Waals surface area (Å²) in [4.78, 5) is 12.1. The smallest absolute Gasteiger partial charge is 0.345 e. The van der Waals surface area contributed by atoms with Crippen LogP contribution in [0.5, 0.6) is 0 Å². The Morgan fingerprint density at radius 2 is 0.941 bits per heavy atom. The summed E-state index contributed by atoms with van der Waals surface area (Å²) in [5.41, 5.74) is 8.10. The molecule has 0 spiro atoms. The van der Waals surface area contributed by atoms with Gasteiger partial charge < -0.3 is 14.4 Å². The minimum atomic E-state index is -0.167. The van der Waals surface area contributed by atoms with E-state index in [1.165, 1.54) is 22.5 Å². The second-order valence-corrected chi connectivity index (χ2v) is 8.51. The Bertz CT molecular complexity index is 1480. The molecule has 0 radical (unpaired) electrons. The summed E-state index contributed by atoms with van der Waals surface area (Å²) in [5.74, 6) is 0.953. The topological polar surface area (TPSA) is 22.6 Å². The number of benzene rings is 4. The van der Waals surface area contributed by atoms with Gasteiger partial charge in [-0.25, -0.2) is 4.98 Å². The van der Waals surface area contributed by atoms with Crippen molar-refractivity contribution < 1.29 is 0 Å². The van der Waals surface area contributed by atoms with Gasteiger partial charge in [-0.1, -0.05) is 72.8 Å². The molecule has 0 amide bonds. The lowest BCUT2D eigenvalue weighted by Crippen LogP contribution is -2.55. The third-order valence-electron chi connectivity index (χ3n) is 6.63. The number of pyridine rings is 1. The number of anilines is 6. The fraction of sp³-hybridized carbons (Fsp3) is 0. The molecule has 0 saturated carbocycles. The van der Waals surface area contributed by atoms with Crippen LogP contribution in [-0.4, -0.2) is 12.1 Å². The first-order valence-corrected chi connectivity index (χ1v) is 11.5. The number of rotatable bonds is 2. The Hall–Kier alpha value is -4.51. The SMILES string of the molecule is c1ccc(N2B3N(c4ccccc4-c4ccccc42)c2cccnc2N3c2ccccc2)cc1. The quantitative estimate of drug-likeness (QED) is 0.274. The molecular weight excluding hydrogens is 415 g/mol. The second-order valence-electron chi connectivity index (χ2n) is 8.51. The maximum Gasteiger partial charge on any atom is 0.520 e. The van der Waals surface area contributed by atoms with Gasteiger partial charge >= 0.3 is 7.12 Å². The second kappa shape index (κ2) is 7.53. The highest BCUT2D eigenvalue weighted by Gasteiger charge is 2.51. The minimum Gasteiger partial charge on any atom is -0.345 e. The molecule has 1 aromatic heterocycles. The monoisotopic (exact) mass is 436 g/mol. The predicted octanol–water partition coefficient (Wildman–Crippen LogP) is 7.18. The van der Waals surface area contributed by atoms with Crippen molar-refractivity contribution in [1.82, 2.24) is 4.98 Å². The summed E-state index contributed by atoms with van der Waals surface area (Å²) in [6.07, 6.45) is 1.88. The molecule has 5 heteroatoms. The first-order chi connectivity index (χ1) is 16.9. The molecule has 0 unspecified atom stereocenters.